The van der Waals surface area contributed by atoms with Gasteiger partial charge in [-0.25, -0.2) is 0 Å². The number of alkyl halides is 3. The molecule has 0 saturated carbocycles. The summed E-state index contributed by atoms with van der Waals surface area (Å²) in [5.41, 5.74) is 1.63. The first kappa shape index (κ1) is 18.9. The Morgan fingerprint density at radius 1 is 1.00 bits per heavy atom. The minimum atomic E-state index is -4.49. The van der Waals surface area contributed by atoms with Crippen LogP contribution in [0, 0.1) is 20.8 Å². The summed E-state index contributed by atoms with van der Waals surface area (Å²) in [6.45, 7) is 5.87. The molecule has 0 aliphatic rings. The zero-order valence-corrected chi connectivity index (χ0v) is 15.1. The number of ether oxygens (including phenoxy) is 1. The molecule has 0 saturated heterocycles. The number of aryl methyl sites for hydroxylation is 4. The van der Waals surface area contributed by atoms with Crippen LogP contribution in [-0.2, 0) is 12.6 Å². The number of benzene rings is 1. The van der Waals surface area contributed by atoms with Gasteiger partial charge in [-0.1, -0.05) is 10.3 Å². The number of rotatable bonds is 6. The molecular weight excluding hydrogens is 363 g/mol. The highest BCUT2D eigenvalue weighted by Crippen LogP contribution is 2.30. The van der Waals surface area contributed by atoms with Gasteiger partial charge in [0, 0.05) is 25.0 Å². The third-order valence-corrected chi connectivity index (χ3v) is 3.91. The average molecular weight is 381 g/mol. The van der Waals surface area contributed by atoms with Gasteiger partial charge in [-0.2, -0.15) is 18.2 Å². The molecule has 0 spiro atoms. The van der Waals surface area contributed by atoms with Crippen molar-refractivity contribution < 1.29 is 27.0 Å². The Morgan fingerprint density at radius 3 is 2.26 bits per heavy atom. The maximum atomic E-state index is 12.5. The fourth-order valence-electron chi connectivity index (χ4n) is 2.71. The van der Waals surface area contributed by atoms with Gasteiger partial charge < -0.3 is 13.8 Å². The lowest BCUT2D eigenvalue weighted by atomic mass is 10.1. The summed E-state index contributed by atoms with van der Waals surface area (Å²) in [6, 6.07) is 4.72. The number of hydrogen-bond donors (Lipinski definition) is 0. The molecule has 1 aromatic carbocycles. The zero-order valence-electron chi connectivity index (χ0n) is 15.1. The maximum absolute atomic E-state index is 12.5. The number of aromatic nitrogens is 3. The van der Waals surface area contributed by atoms with E-state index in [1.165, 1.54) is 0 Å². The van der Waals surface area contributed by atoms with Crippen molar-refractivity contribution in [2.45, 2.75) is 39.8 Å². The maximum Gasteiger partial charge on any atom is 0.436 e. The molecule has 0 unspecified atom stereocenters. The molecule has 3 aromatic rings. The molecule has 0 radical (unpaired) electrons. The molecule has 144 valence electrons. The molecule has 3 rings (SSSR count). The second-order valence-corrected chi connectivity index (χ2v) is 6.20. The highest BCUT2D eigenvalue weighted by molar-refractivity contribution is 5.60. The van der Waals surface area contributed by atoms with Crippen LogP contribution < -0.4 is 4.74 Å². The SMILES string of the molecule is Cc1nc(-c2cc(C)c(OCCCc3cc(C(F)(F)F)no3)c(C)c2)no1. The van der Waals surface area contributed by atoms with Crippen LogP contribution in [0.4, 0.5) is 13.2 Å². The van der Waals surface area contributed by atoms with Crippen molar-refractivity contribution in [1.82, 2.24) is 15.3 Å². The van der Waals surface area contributed by atoms with E-state index in [1.807, 2.05) is 26.0 Å². The number of halogens is 3. The average Bonchev–Trinajstić information content (AvgIpc) is 3.22. The van der Waals surface area contributed by atoms with Gasteiger partial charge in [-0.05, 0) is 43.5 Å². The molecule has 0 atom stereocenters. The van der Waals surface area contributed by atoms with Crippen molar-refractivity contribution in [1.29, 1.82) is 0 Å². The van der Waals surface area contributed by atoms with E-state index in [1.54, 1.807) is 6.92 Å². The summed E-state index contributed by atoms with van der Waals surface area (Å²) in [5, 5.41) is 6.94. The van der Waals surface area contributed by atoms with E-state index in [-0.39, 0.29) is 5.76 Å². The predicted molar refractivity (Wildman–Crippen MR) is 89.3 cm³/mol. The topological polar surface area (TPSA) is 74.2 Å². The van der Waals surface area contributed by atoms with Crippen molar-refractivity contribution in [3.8, 4) is 17.1 Å². The highest BCUT2D eigenvalue weighted by Gasteiger charge is 2.34. The Labute approximate surface area is 153 Å². The van der Waals surface area contributed by atoms with Crippen molar-refractivity contribution in [3.63, 3.8) is 0 Å². The summed E-state index contributed by atoms with van der Waals surface area (Å²) in [6.07, 6.45) is -3.69. The summed E-state index contributed by atoms with van der Waals surface area (Å²) >= 11 is 0. The minimum Gasteiger partial charge on any atom is -0.493 e. The van der Waals surface area contributed by atoms with Gasteiger partial charge in [0.15, 0.2) is 5.69 Å². The predicted octanol–water partition coefficient (Wildman–Crippen LogP) is 4.68. The lowest BCUT2D eigenvalue weighted by Gasteiger charge is -2.13. The second-order valence-electron chi connectivity index (χ2n) is 6.20. The number of nitrogens with zero attached hydrogens (tertiary/aromatic N) is 3. The van der Waals surface area contributed by atoms with E-state index in [0.717, 1.165) is 28.5 Å². The van der Waals surface area contributed by atoms with Crippen LogP contribution in [0.15, 0.2) is 27.2 Å². The summed E-state index contributed by atoms with van der Waals surface area (Å²) in [5.74, 6) is 1.91. The summed E-state index contributed by atoms with van der Waals surface area (Å²) in [4.78, 5) is 4.21. The van der Waals surface area contributed by atoms with E-state index in [4.69, 9.17) is 13.8 Å². The Morgan fingerprint density at radius 2 is 1.70 bits per heavy atom. The normalized spacial score (nSPS) is 11.8. The van der Waals surface area contributed by atoms with E-state index >= 15 is 0 Å². The minimum absolute atomic E-state index is 0.183. The second kappa shape index (κ2) is 7.42. The van der Waals surface area contributed by atoms with Crippen LogP contribution in [0.2, 0.25) is 0 Å². The van der Waals surface area contributed by atoms with Gasteiger partial charge in [0.2, 0.25) is 11.7 Å². The first-order valence-electron chi connectivity index (χ1n) is 8.31. The van der Waals surface area contributed by atoms with Crippen LogP contribution in [0.25, 0.3) is 11.4 Å². The molecule has 0 aliphatic carbocycles. The molecule has 6 nitrogen and oxygen atoms in total. The first-order valence-corrected chi connectivity index (χ1v) is 8.31. The van der Waals surface area contributed by atoms with Crippen LogP contribution in [0.3, 0.4) is 0 Å². The Bertz CT molecular complexity index is 908. The lowest BCUT2D eigenvalue weighted by Crippen LogP contribution is -2.04. The first-order chi connectivity index (χ1) is 12.7. The monoisotopic (exact) mass is 381 g/mol. The summed E-state index contributed by atoms with van der Waals surface area (Å²) in [7, 11) is 0. The van der Waals surface area contributed by atoms with Crippen LogP contribution in [0.5, 0.6) is 5.75 Å². The van der Waals surface area contributed by atoms with Crippen LogP contribution >= 0.6 is 0 Å². The molecule has 0 amide bonds. The Kier molecular flexibility index (Phi) is 5.20. The standard InChI is InChI=1S/C18H18F3N3O3/c1-10-7-13(17-22-12(3)26-24-17)8-11(2)16(10)25-6-4-5-14-9-15(23-27-14)18(19,20)21/h7-9H,4-6H2,1-3H3. The van der Waals surface area contributed by atoms with Crippen molar-refractivity contribution in [3.05, 3.63) is 46.7 Å². The smallest absolute Gasteiger partial charge is 0.436 e. The van der Waals surface area contributed by atoms with Gasteiger partial charge in [0.25, 0.3) is 0 Å². The van der Waals surface area contributed by atoms with E-state index < -0.39 is 11.9 Å². The largest absolute Gasteiger partial charge is 0.493 e. The fraction of sp³-hybridized carbons (Fsp3) is 0.389. The molecule has 0 bridgehead atoms. The number of hydrogen-bond acceptors (Lipinski definition) is 6. The third kappa shape index (κ3) is 4.47. The molecule has 27 heavy (non-hydrogen) atoms. The zero-order chi connectivity index (χ0) is 19.6. The van der Waals surface area contributed by atoms with Gasteiger partial charge in [0.05, 0.1) is 6.61 Å². The van der Waals surface area contributed by atoms with Gasteiger partial charge in [-0.3, -0.25) is 0 Å². The van der Waals surface area contributed by atoms with Crippen LogP contribution in [0.1, 0.15) is 34.9 Å². The molecule has 0 fully saturated rings. The third-order valence-electron chi connectivity index (χ3n) is 3.91. The molecule has 0 N–H and O–H groups in total. The molecule has 0 aliphatic heterocycles. The van der Waals surface area contributed by atoms with Crippen molar-refractivity contribution in [2.24, 2.45) is 0 Å². The van der Waals surface area contributed by atoms with Gasteiger partial charge in [-0.15, -0.1) is 0 Å². The molecule has 9 heteroatoms. The molecule has 2 heterocycles. The van der Waals surface area contributed by atoms with E-state index in [2.05, 4.69) is 15.3 Å². The van der Waals surface area contributed by atoms with Crippen molar-refractivity contribution >= 4 is 0 Å². The Balaban J connectivity index is 1.59. The molecular formula is C18H18F3N3O3. The van der Waals surface area contributed by atoms with Crippen molar-refractivity contribution in [2.75, 3.05) is 6.61 Å². The van der Waals surface area contributed by atoms with Gasteiger partial charge in [0.1, 0.15) is 11.5 Å². The molecule has 2 aromatic heterocycles. The lowest BCUT2D eigenvalue weighted by molar-refractivity contribution is -0.142. The Hall–Kier alpha value is -2.84. The van der Waals surface area contributed by atoms with E-state index in [0.29, 0.717) is 31.2 Å². The quantitative estimate of drug-likeness (QED) is 0.577. The van der Waals surface area contributed by atoms with Crippen LogP contribution in [-0.4, -0.2) is 21.9 Å². The van der Waals surface area contributed by atoms with E-state index in [9.17, 15) is 13.2 Å². The summed E-state index contributed by atoms with van der Waals surface area (Å²) < 4.78 is 53.0. The highest BCUT2D eigenvalue weighted by atomic mass is 19.4. The van der Waals surface area contributed by atoms with Gasteiger partial charge >= 0.3 is 6.18 Å². The fourth-order valence-corrected chi connectivity index (χ4v) is 2.71.